The average molecular weight is 280 g/mol. The number of hydrogen-bond donors (Lipinski definition) is 1. The summed E-state index contributed by atoms with van der Waals surface area (Å²) >= 11 is 0. The predicted octanol–water partition coefficient (Wildman–Crippen LogP) is 2.64. The number of nitrogens with two attached hydrogens (primary N) is 1. The van der Waals surface area contributed by atoms with Gasteiger partial charge in [0.05, 0.1) is 12.7 Å². The van der Waals surface area contributed by atoms with Crippen LogP contribution in [0.15, 0.2) is 0 Å². The van der Waals surface area contributed by atoms with Gasteiger partial charge in [-0.25, -0.2) is 0 Å². The summed E-state index contributed by atoms with van der Waals surface area (Å²) < 4.78 is 5.95. The second-order valence-corrected chi connectivity index (χ2v) is 7.95. The van der Waals surface area contributed by atoms with Crippen LogP contribution in [-0.4, -0.2) is 42.8 Å². The van der Waals surface area contributed by atoms with Crippen molar-refractivity contribution in [1.82, 2.24) is 4.90 Å². The van der Waals surface area contributed by atoms with E-state index in [9.17, 15) is 0 Å². The Labute approximate surface area is 124 Å². The summed E-state index contributed by atoms with van der Waals surface area (Å²) in [6, 6.07) is 1.09. The highest BCUT2D eigenvalue weighted by Crippen LogP contribution is 2.45. The molecule has 5 unspecified atom stereocenters. The van der Waals surface area contributed by atoms with E-state index >= 15 is 0 Å². The van der Waals surface area contributed by atoms with Gasteiger partial charge in [-0.15, -0.1) is 0 Å². The number of fused-ring (bicyclic) bond motifs is 1. The molecule has 116 valence electrons. The first-order chi connectivity index (χ1) is 9.50. The zero-order chi connectivity index (χ0) is 14.3. The van der Waals surface area contributed by atoms with Gasteiger partial charge in [-0.3, -0.25) is 4.90 Å². The third kappa shape index (κ3) is 2.53. The van der Waals surface area contributed by atoms with Crippen LogP contribution in [-0.2, 0) is 4.74 Å². The second-order valence-electron chi connectivity index (χ2n) is 7.95. The third-order valence-corrected chi connectivity index (χ3v) is 6.77. The molecule has 3 heteroatoms. The van der Waals surface area contributed by atoms with E-state index in [1.54, 1.807) is 0 Å². The molecule has 1 aliphatic heterocycles. The first-order valence-electron chi connectivity index (χ1n) is 8.61. The molecule has 0 bridgehead atoms. The van der Waals surface area contributed by atoms with E-state index in [2.05, 4.69) is 25.7 Å². The molecule has 0 radical (unpaired) electrons. The second kappa shape index (κ2) is 5.58. The quantitative estimate of drug-likeness (QED) is 0.845. The third-order valence-electron chi connectivity index (χ3n) is 6.77. The molecule has 0 aromatic carbocycles. The Kier molecular flexibility index (Phi) is 4.13. The highest BCUT2D eigenvalue weighted by Gasteiger charge is 2.44. The zero-order valence-corrected chi connectivity index (χ0v) is 13.5. The molecule has 0 amide bonds. The van der Waals surface area contributed by atoms with Crippen LogP contribution in [0.1, 0.15) is 52.9 Å². The molecule has 3 aliphatic rings. The normalized spacial score (nSPS) is 45.3. The zero-order valence-electron chi connectivity index (χ0n) is 13.5. The van der Waals surface area contributed by atoms with Crippen LogP contribution in [0.5, 0.6) is 0 Å². The molecule has 5 atom stereocenters. The number of nitrogens with zero attached hydrogens (tertiary/aromatic N) is 1. The number of ether oxygens (including phenoxy) is 1. The molecule has 1 saturated heterocycles. The van der Waals surface area contributed by atoms with E-state index in [-0.39, 0.29) is 0 Å². The highest BCUT2D eigenvalue weighted by atomic mass is 16.5. The first kappa shape index (κ1) is 14.8. The summed E-state index contributed by atoms with van der Waals surface area (Å²) in [4.78, 5) is 2.75. The SMILES string of the molecule is CC1C(N)CCC(CN2CCOC3CCCC32)C1(C)C. The summed E-state index contributed by atoms with van der Waals surface area (Å²) in [5.74, 6) is 1.42. The number of hydrogen-bond acceptors (Lipinski definition) is 3. The Hall–Kier alpha value is -0.120. The maximum Gasteiger partial charge on any atom is 0.0730 e. The van der Waals surface area contributed by atoms with Crippen LogP contribution in [0.4, 0.5) is 0 Å². The van der Waals surface area contributed by atoms with Crippen molar-refractivity contribution in [1.29, 1.82) is 0 Å². The smallest absolute Gasteiger partial charge is 0.0730 e. The maximum atomic E-state index is 6.30. The molecule has 3 rings (SSSR count). The lowest BCUT2D eigenvalue weighted by Gasteiger charge is -2.50. The van der Waals surface area contributed by atoms with Gasteiger partial charge in [0.25, 0.3) is 0 Å². The molecule has 3 fully saturated rings. The van der Waals surface area contributed by atoms with Crippen molar-refractivity contribution < 1.29 is 4.74 Å². The van der Waals surface area contributed by atoms with Gasteiger partial charge in [0.1, 0.15) is 0 Å². The van der Waals surface area contributed by atoms with Gasteiger partial charge in [-0.05, 0) is 49.4 Å². The molecular weight excluding hydrogens is 248 g/mol. The largest absolute Gasteiger partial charge is 0.375 e. The van der Waals surface area contributed by atoms with Crippen molar-refractivity contribution in [3.63, 3.8) is 0 Å². The minimum absolute atomic E-state index is 0.365. The Morgan fingerprint density at radius 1 is 1.20 bits per heavy atom. The van der Waals surface area contributed by atoms with Gasteiger partial charge in [0, 0.05) is 25.2 Å². The Morgan fingerprint density at radius 2 is 2.00 bits per heavy atom. The molecule has 2 N–H and O–H groups in total. The molecule has 2 aliphatic carbocycles. The molecule has 3 nitrogen and oxygen atoms in total. The fourth-order valence-corrected chi connectivity index (χ4v) is 4.78. The van der Waals surface area contributed by atoms with Crippen molar-refractivity contribution in [3.05, 3.63) is 0 Å². The molecule has 0 aromatic rings. The fourth-order valence-electron chi connectivity index (χ4n) is 4.78. The minimum Gasteiger partial charge on any atom is -0.375 e. The van der Waals surface area contributed by atoms with Crippen molar-refractivity contribution >= 4 is 0 Å². The van der Waals surface area contributed by atoms with Crippen molar-refractivity contribution in [2.24, 2.45) is 23.0 Å². The van der Waals surface area contributed by atoms with E-state index in [4.69, 9.17) is 10.5 Å². The molecule has 2 saturated carbocycles. The van der Waals surface area contributed by atoms with Crippen molar-refractivity contribution in [3.8, 4) is 0 Å². The van der Waals surface area contributed by atoms with E-state index in [1.807, 2.05) is 0 Å². The summed E-state index contributed by atoms with van der Waals surface area (Å²) in [6.07, 6.45) is 6.99. The Morgan fingerprint density at radius 3 is 2.80 bits per heavy atom. The number of morpholine rings is 1. The van der Waals surface area contributed by atoms with E-state index in [0.29, 0.717) is 29.5 Å². The molecule has 0 spiro atoms. The summed E-state index contributed by atoms with van der Waals surface area (Å²) in [5, 5.41) is 0. The van der Waals surface area contributed by atoms with Gasteiger partial charge in [0.15, 0.2) is 0 Å². The average Bonchev–Trinajstić information content (AvgIpc) is 2.89. The molecule has 0 aromatic heterocycles. The minimum atomic E-state index is 0.365. The molecular formula is C17H32N2O. The summed E-state index contributed by atoms with van der Waals surface area (Å²) in [7, 11) is 0. The van der Waals surface area contributed by atoms with Crippen LogP contribution >= 0.6 is 0 Å². The van der Waals surface area contributed by atoms with Gasteiger partial charge in [0.2, 0.25) is 0 Å². The van der Waals surface area contributed by atoms with Gasteiger partial charge >= 0.3 is 0 Å². The van der Waals surface area contributed by atoms with Crippen LogP contribution in [0.3, 0.4) is 0 Å². The molecule has 20 heavy (non-hydrogen) atoms. The van der Waals surface area contributed by atoms with Gasteiger partial charge in [-0.1, -0.05) is 20.8 Å². The van der Waals surface area contributed by atoms with Crippen LogP contribution in [0.2, 0.25) is 0 Å². The lowest BCUT2D eigenvalue weighted by molar-refractivity contribution is -0.0747. The maximum absolute atomic E-state index is 6.30. The summed E-state index contributed by atoms with van der Waals surface area (Å²) in [6.45, 7) is 10.6. The van der Waals surface area contributed by atoms with Gasteiger partial charge < -0.3 is 10.5 Å². The van der Waals surface area contributed by atoms with Crippen LogP contribution in [0, 0.1) is 17.3 Å². The Bertz CT molecular complexity index is 344. The van der Waals surface area contributed by atoms with E-state index in [0.717, 1.165) is 19.1 Å². The molecule has 1 heterocycles. The van der Waals surface area contributed by atoms with Crippen molar-refractivity contribution in [2.45, 2.75) is 71.1 Å². The van der Waals surface area contributed by atoms with Crippen molar-refractivity contribution in [2.75, 3.05) is 19.7 Å². The topological polar surface area (TPSA) is 38.5 Å². The predicted molar refractivity (Wildman–Crippen MR) is 82.6 cm³/mol. The summed E-state index contributed by atoms with van der Waals surface area (Å²) in [5.41, 5.74) is 6.67. The van der Waals surface area contributed by atoms with Crippen LogP contribution < -0.4 is 5.73 Å². The monoisotopic (exact) mass is 280 g/mol. The Balaban J connectivity index is 1.67. The first-order valence-corrected chi connectivity index (χ1v) is 8.61. The fraction of sp³-hybridized carbons (Fsp3) is 1.00. The van der Waals surface area contributed by atoms with E-state index < -0.39 is 0 Å². The lowest BCUT2D eigenvalue weighted by Crippen LogP contribution is -2.54. The van der Waals surface area contributed by atoms with Crippen LogP contribution in [0.25, 0.3) is 0 Å². The highest BCUT2D eigenvalue weighted by molar-refractivity contribution is 4.97. The number of rotatable bonds is 2. The van der Waals surface area contributed by atoms with E-state index in [1.165, 1.54) is 38.6 Å². The standard InChI is InChI=1S/C17H32N2O/c1-12-14(18)8-7-13(17(12,2)3)11-19-9-10-20-16-6-4-5-15(16)19/h12-16H,4-11,18H2,1-3H3. The van der Waals surface area contributed by atoms with Gasteiger partial charge in [-0.2, -0.15) is 0 Å². The lowest BCUT2D eigenvalue weighted by atomic mass is 9.61.